The highest BCUT2D eigenvalue weighted by atomic mass is 127. The van der Waals surface area contributed by atoms with Gasteiger partial charge in [0.15, 0.2) is 0 Å². The summed E-state index contributed by atoms with van der Waals surface area (Å²) in [6.07, 6.45) is 1.31. The van der Waals surface area contributed by atoms with Crippen LogP contribution in [0.4, 0.5) is 13.9 Å². The summed E-state index contributed by atoms with van der Waals surface area (Å²) in [6.45, 7) is 0. The van der Waals surface area contributed by atoms with E-state index in [1.807, 2.05) is 35.7 Å². The number of hydrogen-bond acceptors (Lipinski definition) is 4. The quantitative estimate of drug-likeness (QED) is 0.264. The van der Waals surface area contributed by atoms with Gasteiger partial charge in [-0.25, -0.2) is 13.8 Å². The Bertz CT molecular complexity index is 850. The van der Waals surface area contributed by atoms with Crippen molar-refractivity contribution in [2.75, 3.05) is 5.43 Å². The Hall–Kier alpha value is -1.87. The van der Waals surface area contributed by atoms with Gasteiger partial charge in [0.05, 0.1) is 11.9 Å². The Labute approximate surface area is 149 Å². The number of aromatic nitrogens is 1. The minimum absolute atomic E-state index is 0.211. The van der Waals surface area contributed by atoms with Crippen LogP contribution in [0.5, 0.6) is 0 Å². The largest absolute Gasteiger partial charge is 0.253 e. The molecule has 0 saturated carbocycles. The molecule has 3 rings (SSSR count). The van der Waals surface area contributed by atoms with Gasteiger partial charge in [-0.1, -0.05) is 30.3 Å². The van der Waals surface area contributed by atoms with E-state index in [4.69, 9.17) is 0 Å². The summed E-state index contributed by atoms with van der Waals surface area (Å²) in [6, 6.07) is 12.0. The first-order valence-electron chi connectivity index (χ1n) is 6.58. The number of anilines is 1. The summed E-state index contributed by atoms with van der Waals surface area (Å²) >= 11 is 3.20. The second-order valence-electron chi connectivity index (χ2n) is 4.56. The van der Waals surface area contributed by atoms with Gasteiger partial charge in [-0.3, -0.25) is 5.43 Å². The molecule has 0 unspecified atom stereocenters. The zero-order valence-corrected chi connectivity index (χ0v) is 14.6. The second kappa shape index (κ2) is 7.14. The first-order chi connectivity index (χ1) is 11.1. The summed E-state index contributed by atoms with van der Waals surface area (Å²) in [5.41, 5.74) is 4.83. The van der Waals surface area contributed by atoms with Crippen LogP contribution in [-0.2, 0) is 0 Å². The highest BCUT2D eigenvalue weighted by molar-refractivity contribution is 14.1. The SMILES string of the molecule is Fc1cc(F)c(C=NNc2nc(-c3ccccc3)cs2)cc1I. The zero-order valence-electron chi connectivity index (χ0n) is 11.6. The number of thiazole rings is 1. The van der Waals surface area contributed by atoms with Gasteiger partial charge in [0, 0.05) is 26.1 Å². The van der Waals surface area contributed by atoms with Crippen molar-refractivity contribution in [1.29, 1.82) is 0 Å². The van der Waals surface area contributed by atoms with Crippen LogP contribution in [0, 0.1) is 15.2 Å². The maximum absolute atomic E-state index is 13.6. The van der Waals surface area contributed by atoms with E-state index in [9.17, 15) is 8.78 Å². The van der Waals surface area contributed by atoms with Gasteiger partial charge in [0.25, 0.3) is 0 Å². The molecule has 1 N–H and O–H groups in total. The van der Waals surface area contributed by atoms with Crippen molar-refractivity contribution in [2.45, 2.75) is 0 Å². The molecule has 0 aliphatic carbocycles. The van der Waals surface area contributed by atoms with Gasteiger partial charge in [0.1, 0.15) is 11.6 Å². The molecule has 1 heterocycles. The Balaban J connectivity index is 1.72. The van der Waals surface area contributed by atoms with Crippen LogP contribution >= 0.6 is 33.9 Å². The second-order valence-corrected chi connectivity index (χ2v) is 6.58. The van der Waals surface area contributed by atoms with Crippen molar-refractivity contribution in [3.05, 3.63) is 68.6 Å². The molecule has 3 nitrogen and oxygen atoms in total. The fourth-order valence-corrected chi connectivity index (χ4v) is 3.02. The molecule has 0 aliphatic heterocycles. The van der Waals surface area contributed by atoms with E-state index in [0.717, 1.165) is 17.3 Å². The van der Waals surface area contributed by atoms with Crippen molar-refractivity contribution < 1.29 is 8.78 Å². The van der Waals surface area contributed by atoms with E-state index < -0.39 is 11.6 Å². The first kappa shape index (κ1) is 16.0. The van der Waals surface area contributed by atoms with Crippen LogP contribution in [0.1, 0.15) is 5.56 Å². The minimum Gasteiger partial charge on any atom is -0.253 e. The average molecular weight is 441 g/mol. The Morgan fingerprint density at radius 3 is 2.70 bits per heavy atom. The molecule has 0 amide bonds. The molecule has 3 aromatic rings. The molecule has 0 spiro atoms. The number of nitrogens with one attached hydrogen (secondary N) is 1. The summed E-state index contributed by atoms with van der Waals surface area (Å²) in [4.78, 5) is 4.40. The van der Waals surface area contributed by atoms with Crippen LogP contribution < -0.4 is 5.43 Å². The summed E-state index contributed by atoms with van der Waals surface area (Å²) in [5, 5.41) is 6.46. The maximum Gasteiger partial charge on any atom is 0.203 e. The smallest absolute Gasteiger partial charge is 0.203 e. The molecule has 0 aliphatic rings. The van der Waals surface area contributed by atoms with Crippen molar-refractivity contribution in [3.63, 3.8) is 0 Å². The van der Waals surface area contributed by atoms with Crippen molar-refractivity contribution in [2.24, 2.45) is 5.10 Å². The van der Waals surface area contributed by atoms with Gasteiger partial charge in [-0.2, -0.15) is 5.10 Å². The molecule has 0 saturated heterocycles. The van der Waals surface area contributed by atoms with E-state index in [-0.39, 0.29) is 5.56 Å². The lowest BCUT2D eigenvalue weighted by Gasteiger charge is -1.99. The number of hydrazone groups is 1. The predicted molar refractivity (Wildman–Crippen MR) is 97.8 cm³/mol. The van der Waals surface area contributed by atoms with E-state index in [0.29, 0.717) is 8.70 Å². The molecule has 1 aromatic heterocycles. The lowest BCUT2D eigenvalue weighted by Crippen LogP contribution is -1.96. The van der Waals surface area contributed by atoms with Crippen LogP contribution in [-0.4, -0.2) is 11.2 Å². The molecule has 2 aromatic carbocycles. The van der Waals surface area contributed by atoms with Gasteiger partial charge in [-0.05, 0) is 28.7 Å². The predicted octanol–water partition coefficient (Wildman–Crippen LogP) is 5.14. The van der Waals surface area contributed by atoms with Crippen LogP contribution in [0.25, 0.3) is 11.3 Å². The third-order valence-corrected chi connectivity index (χ3v) is 4.55. The molecular weight excluding hydrogens is 431 g/mol. The van der Waals surface area contributed by atoms with E-state index in [1.54, 1.807) is 22.6 Å². The topological polar surface area (TPSA) is 37.3 Å². The standard InChI is InChI=1S/C16H10F2IN3S/c17-12-7-13(18)14(19)6-11(12)8-20-22-16-21-15(9-23-16)10-4-2-1-3-5-10/h1-9H,(H,21,22). The summed E-state index contributed by atoms with van der Waals surface area (Å²) in [5.74, 6) is -1.24. The Morgan fingerprint density at radius 1 is 1.13 bits per heavy atom. The summed E-state index contributed by atoms with van der Waals surface area (Å²) in [7, 11) is 0. The van der Waals surface area contributed by atoms with Gasteiger partial charge >= 0.3 is 0 Å². The number of halogens is 3. The Kier molecular flexibility index (Phi) is 4.97. The summed E-state index contributed by atoms with van der Waals surface area (Å²) < 4.78 is 27.1. The average Bonchev–Trinajstić information content (AvgIpc) is 3.02. The number of hydrogen-bond donors (Lipinski definition) is 1. The van der Waals surface area contributed by atoms with E-state index in [1.165, 1.54) is 23.6 Å². The monoisotopic (exact) mass is 441 g/mol. The lowest BCUT2D eigenvalue weighted by molar-refractivity contribution is 0.577. The molecule has 0 radical (unpaired) electrons. The molecule has 0 fully saturated rings. The van der Waals surface area contributed by atoms with E-state index >= 15 is 0 Å². The highest BCUT2D eigenvalue weighted by Gasteiger charge is 2.07. The molecule has 116 valence electrons. The fourth-order valence-electron chi connectivity index (χ4n) is 1.86. The van der Waals surface area contributed by atoms with Crippen molar-refractivity contribution >= 4 is 45.3 Å². The zero-order chi connectivity index (χ0) is 16.2. The van der Waals surface area contributed by atoms with Crippen LogP contribution in [0.15, 0.2) is 52.9 Å². The number of rotatable bonds is 4. The normalized spacial score (nSPS) is 11.1. The minimum atomic E-state index is -0.655. The molecule has 0 bridgehead atoms. The van der Waals surface area contributed by atoms with Crippen LogP contribution in [0.2, 0.25) is 0 Å². The number of benzene rings is 2. The molecule has 0 atom stereocenters. The van der Waals surface area contributed by atoms with Gasteiger partial charge in [-0.15, -0.1) is 11.3 Å². The van der Waals surface area contributed by atoms with E-state index in [2.05, 4.69) is 15.5 Å². The molecular formula is C16H10F2IN3S. The van der Waals surface area contributed by atoms with Crippen molar-refractivity contribution in [3.8, 4) is 11.3 Å². The molecule has 7 heteroatoms. The van der Waals surface area contributed by atoms with Crippen molar-refractivity contribution in [1.82, 2.24) is 4.98 Å². The lowest BCUT2D eigenvalue weighted by atomic mass is 10.2. The van der Waals surface area contributed by atoms with Crippen LogP contribution in [0.3, 0.4) is 0 Å². The third-order valence-electron chi connectivity index (χ3n) is 2.98. The number of nitrogens with zero attached hydrogens (tertiary/aromatic N) is 2. The first-order valence-corrected chi connectivity index (χ1v) is 8.54. The maximum atomic E-state index is 13.6. The van der Waals surface area contributed by atoms with Gasteiger partial charge < -0.3 is 0 Å². The fraction of sp³-hybridized carbons (Fsp3) is 0. The molecule has 23 heavy (non-hydrogen) atoms. The third kappa shape index (κ3) is 3.91. The van der Waals surface area contributed by atoms with Gasteiger partial charge in [0.2, 0.25) is 5.13 Å². The Morgan fingerprint density at radius 2 is 1.91 bits per heavy atom. The highest BCUT2D eigenvalue weighted by Crippen LogP contribution is 2.24.